The van der Waals surface area contributed by atoms with E-state index in [0.29, 0.717) is 6.04 Å². The number of aromatic nitrogens is 2. The van der Waals surface area contributed by atoms with Crippen molar-refractivity contribution in [2.24, 2.45) is 0 Å². The molecule has 0 radical (unpaired) electrons. The Balaban J connectivity index is 2.08. The van der Waals surface area contributed by atoms with Crippen LogP contribution in [0, 0.1) is 0 Å². The van der Waals surface area contributed by atoms with Gasteiger partial charge in [0.1, 0.15) is 5.15 Å². The highest BCUT2D eigenvalue weighted by atomic mass is 35.5. The van der Waals surface area contributed by atoms with Crippen LogP contribution < -0.4 is 5.32 Å². The van der Waals surface area contributed by atoms with Crippen molar-refractivity contribution >= 4 is 11.6 Å². The summed E-state index contributed by atoms with van der Waals surface area (Å²) in [5.41, 5.74) is 1.16. The molecule has 0 spiro atoms. The summed E-state index contributed by atoms with van der Waals surface area (Å²) in [5, 5.41) is 8.22. The van der Waals surface area contributed by atoms with E-state index < -0.39 is 0 Å². The highest BCUT2D eigenvalue weighted by molar-refractivity contribution is 6.30. The van der Waals surface area contributed by atoms with Gasteiger partial charge in [0, 0.05) is 5.56 Å². The molecule has 1 aliphatic carbocycles. The van der Waals surface area contributed by atoms with E-state index in [4.69, 9.17) is 11.6 Å². The summed E-state index contributed by atoms with van der Waals surface area (Å²) in [4.78, 5) is 0. The Kier molecular flexibility index (Phi) is 2.56. The second-order valence-electron chi connectivity index (χ2n) is 3.49. The highest BCUT2D eigenvalue weighted by Crippen LogP contribution is 2.37. The van der Waals surface area contributed by atoms with Gasteiger partial charge in [0.25, 0.3) is 0 Å². The number of nitrogens with zero attached hydrogens (tertiary/aromatic N) is 2. The number of likely N-dealkylation sites (N-methyl/N-ethyl adjacent to an activating group) is 1. The number of nitrogens with one attached hydrogen (secondary N) is 1. The molecular weight excluding hydrogens is 186 g/mol. The van der Waals surface area contributed by atoms with E-state index in [1.165, 1.54) is 12.8 Å². The summed E-state index contributed by atoms with van der Waals surface area (Å²) in [7, 11) is 1.94. The SMILES string of the molecule is CNCCc1cnn(C2CC2)c1Cl. The molecule has 1 N–H and O–H groups in total. The summed E-state index contributed by atoms with van der Waals surface area (Å²) in [6.07, 6.45) is 5.31. The lowest BCUT2D eigenvalue weighted by Gasteiger charge is -2.00. The van der Waals surface area contributed by atoms with Crippen LogP contribution in [-0.2, 0) is 6.42 Å². The summed E-state index contributed by atoms with van der Waals surface area (Å²) in [5.74, 6) is 0. The smallest absolute Gasteiger partial charge is 0.130 e. The van der Waals surface area contributed by atoms with Gasteiger partial charge in [-0.1, -0.05) is 11.6 Å². The molecule has 0 unspecified atom stereocenters. The summed E-state index contributed by atoms with van der Waals surface area (Å²) < 4.78 is 1.95. The van der Waals surface area contributed by atoms with Crippen molar-refractivity contribution in [3.63, 3.8) is 0 Å². The van der Waals surface area contributed by atoms with Crippen LogP contribution >= 0.6 is 11.6 Å². The topological polar surface area (TPSA) is 29.9 Å². The first-order chi connectivity index (χ1) is 6.33. The van der Waals surface area contributed by atoms with E-state index in [1.54, 1.807) is 0 Å². The molecule has 4 heteroatoms. The van der Waals surface area contributed by atoms with Crippen LogP contribution in [-0.4, -0.2) is 23.4 Å². The monoisotopic (exact) mass is 199 g/mol. The molecule has 13 heavy (non-hydrogen) atoms. The standard InChI is InChI=1S/C9H14ClN3/c1-11-5-4-7-6-12-13(9(7)10)8-2-3-8/h6,8,11H,2-5H2,1H3. The third-order valence-electron chi connectivity index (χ3n) is 2.34. The first kappa shape index (κ1) is 9.03. The van der Waals surface area contributed by atoms with Gasteiger partial charge in [-0.05, 0) is 32.9 Å². The highest BCUT2D eigenvalue weighted by Gasteiger charge is 2.27. The Morgan fingerprint density at radius 1 is 1.69 bits per heavy atom. The number of hydrogen-bond acceptors (Lipinski definition) is 2. The van der Waals surface area contributed by atoms with Crippen molar-refractivity contribution in [2.45, 2.75) is 25.3 Å². The third kappa shape index (κ3) is 1.86. The maximum absolute atomic E-state index is 6.17. The fraction of sp³-hybridized carbons (Fsp3) is 0.667. The molecule has 1 saturated carbocycles. The predicted molar refractivity (Wildman–Crippen MR) is 53.1 cm³/mol. The zero-order valence-electron chi connectivity index (χ0n) is 7.76. The Labute approximate surface area is 83.1 Å². The molecule has 1 aromatic heterocycles. The second kappa shape index (κ2) is 3.68. The van der Waals surface area contributed by atoms with Gasteiger partial charge in [-0.15, -0.1) is 0 Å². The summed E-state index contributed by atoms with van der Waals surface area (Å²) >= 11 is 6.17. The van der Waals surface area contributed by atoms with E-state index in [2.05, 4.69) is 10.4 Å². The first-order valence-electron chi connectivity index (χ1n) is 4.69. The average Bonchev–Trinajstić information content (AvgIpc) is 2.89. The second-order valence-corrected chi connectivity index (χ2v) is 3.85. The third-order valence-corrected chi connectivity index (χ3v) is 2.76. The molecule has 3 nitrogen and oxygen atoms in total. The average molecular weight is 200 g/mol. The van der Waals surface area contributed by atoms with E-state index in [9.17, 15) is 0 Å². The minimum atomic E-state index is 0.579. The Hall–Kier alpha value is -0.540. The van der Waals surface area contributed by atoms with E-state index in [-0.39, 0.29) is 0 Å². The van der Waals surface area contributed by atoms with Gasteiger partial charge in [-0.2, -0.15) is 5.10 Å². The molecule has 72 valence electrons. The fourth-order valence-electron chi connectivity index (χ4n) is 1.38. The van der Waals surface area contributed by atoms with Gasteiger partial charge in [-0.3, -0.25) is 4.68 Å². The van der Waals surface area contributed by atoms with E-state index in [0.717, 1.165) is 23.7 Å². The molecule has 1 aromatic rings. The number of rotatable bonds is 4. The van der Waals surface area contributed by atoms with Crippen molar-refractivity contribution in [1.29, 1.82) is 0 Å². The van der Waals surface area contributed by atoms with Crippen LogP contribution in [0.4, 0.5) is 0 Å². The van der Waals surface area contributed by atoms with Crippen molar-refractivity contribution < 1.29 is 0 Å². The van der Waals surface area contributed by atoms with Crippen molar-refractivity contribution in [1.82, 2.24) is 15.1 Å². The minimum absolute atomic E-state index is 0.579. The molecule has 0 atom stereocenters. The summed E-state index contributed by atoms with van der Waals surface area (Å²) in [6.45, 7) is 0.954. The van der Waals surface area contributed by atoms with Crippen LogP contribution in [0.15, 0.2) is 6.20 Å². The van der Waals surface area contributed by atoms with E-state index >= 15 is 0 Å². The molecule has 0 bridgehead atoms. The lowest BCUT2D eigenvalue weighted by molar-refractivity contribution is 0.641. The predicted octanol–water partition coefficient (Wildman–Crippen LogP) is 1.63. The molecule has 0 amide bonds. The maximum atomic E-state index is 6.17. The van der Waals surface area contributed by atoms with Crippen molar-refractivity contribution in [2.75, 3.05) is 13.6 Å². The van der Waals surface area contributed by atoms with Gasteiger partial charge >= 0.3 is 0 Å². The van der Waals surface area contributed by atoms with E-state index in [1.807, 2.05) is 17.9 Å². The van der Waals surface area contributed by atoms with Gasteiger partial charge in [0.05, 0.1) is 12.2 Å². The molecule has 1 fully saturated rings. The molecule has 0 aliphatic heterocycles. The zero-order chi connectivity index (χ0) is 9.26. The molecule has 2 rings (SSSR count). The van der Waals surface area contributed by atoms with Crippen molar-refractivity contribution in [3.05, 3.63) is 16.9 Å². The van der Waals surface area contributed by atoms with Crippen LogP contribution in [0.1, 0.15) is 24.4 Å². The lowest BCUT2D eigenvalue weighted by atomic mass is 10.2. The maximum Gasteiger partial charge on any atom is 0.130 e. The van der Waals surface area contributed by atoms with Crippen LogP contribution in [0.2, 0.25) is 5.15 Å². The van der Waals surface area contributed by atoms with Crippen LogP contribution in [0.25, 0.3) is 0 Å². The Morgan fingerprint density at radius 2 is 2.46 bits per heavy atom. The normalized spacial score (nSPS) is 16.5. The lowest BCUT2D eigenvalue weighted by Crippen LogP contribution is -2.10. The molecule has 1 heterocycles. The van der Waals surface area contributed by atoms with Crippen molar-refractivity contribution in [3.8, 4) is 0 Å². The minimum Gasteiger partial charge on any atom is -0.319 e. The summed E-state index contributed by atoms with van der Waals surface area (Å²) in [6, 6.07) is 0.579. The number of hydrogen-bond donors (Lipinski definition) is 1. The largest absolute Gasteiger partial charge is 0.319 e. The molecule has 0 saturated heterocycles. The number of halogens is 1. The molecular formula is C9H14ClN3. The quantitative estimate of drug-likeness (QED) is 0.799. The Bertz CT molecular complexity index is 291. The fourth-order valence-corrected chi connectivity index (χ4v) is 1.71. The molecule has 1 aliphatic rings. The van der Waals surface area contributed by atoms with Gasteiger partial charge < -0.3 is 5.32 Å². The Morgan fingerprint density at radius 3 is 3.08 bits per heavy atom. The van der Waals surface area contributed by atoms with Crippen LogP contribution in [0.3, 0.4) is 0 Å². The van der Waals surface area contributed by atoms with Gasteiger partial charge in [0.15, 0.2) is 0 Å². The molecule has 0 aromatic carbocycles. The van der Waals surface area contributed by atoms with Gasteiger partial charge in [0.2, 0.25) is 0 Å². The van der Waals surface area contributed by atoms with Crippen LogP contribution in [0.5, 0.6) is 0 Å². The zero-order valence-corrected chi connectivity index (χ0v) is 8.51. The first-order valence-corrected chi connectivity index (χ1v) is 5.07. The van der Waals surface area contributed by atoms with Gasteiger partial charge in [-0.25, -0.2) is 0 Å².